The molecular formula is C24H22FKN6O5S. The molecule has 11 nitrogen and oxygen atoms in total. The van der Waals surface area contributed by atoms with E-state index < -0.39 is 35.9 Å². The van der Waals surface area contributed by atoms with E-state index in [1.807, 2.05) is 0 Å². The van der Waals surface area contributed by atoms with Gasteiger partial charge in [-0.15, -0.1) is 16.4 Å². The average Bonchev–Trinajstić information content (AvgIpc) is 3.45. The second-order valence-electron chi connectivity index (χ2n) is 8.66. The van der Waals surface area contributed by atoms with E-state index in [9.17, 15) is 29.3 Å². The number of anilines is 2. The molecule has 38 heavy (non-hydrogen) atoms. The number of thiophene rings is 1. The molecule has 0 aliphatic heterocycles. The molecule has 14 heteroatoms. The van der Waals surface area contributed by atoms with Gasteiger partial charge in [-0.25, -0.2) is 14.1 Å². The molecule has 5 N–H and O–H groups in total. The van der Waals surface area contributed by atoms with Crippen LogP contribution >= 0.6 is 11.3 Å². The van der Waals surface area contributed by atoms with E-state index >= 15 is 0 Å². The number of primary amides is 1. The number of hydrogen-bond donors (Lipinski definition) is 4. The first kappa shape index (κ1) is 30.0. The molecule has 0 bridgehead atoms. The fourth-order valence-electron chi connectivity index (χ4n) is 3.48. The fourth-order valence-corrected chi connectivity index (χ4v) is 4.58. The van der Waals surface area contributed by atoms with Crippen LogP contribution in [0.15, 0.2) is 48.7 Å². The summed E-state index contributed by atoms with van der Waals surface area (Å²) in [5, 5.41) is 42.2. The third kappa shape index (κ3) is 6.89. The molecule has 4 aromatic rings. The van der Waals surface area contributed by atoms with Crippen molar-refractivity contribution in [3.8, 4) is 10.4 Å². The summed E-state index contributed by atoms with van der Waals surface area (Å²) >= 11 is 1.08. The fraction of sp³-hybridized carbons (Fsp3) is 0.208. The predicted molar refractivity (Wildman–Crippen MR) is 130 cm³/mol. The number of rotatable bonds is 9. The Morgan fingerprint density at radius 2 is 1.97 bits per heavy atom. The largest absolute Gasteiger partial charge is 1.00 e. The van der Waals surface area contributed by atoms with E-state index in [4.69, 9.17) is 5.73 Å². The molecule has 0 aliphatic rings. The summed E-state index contributed by atoms with van der Waals surface area (Å²) in [5.74, 6) is -2.41. The Morgan fingerprint density at radius 3 is 2.61 bits per heavy atom. The quantitative estimate of drug-likeness (QED) is 0.175. The van der Waals surface area contributed by atoms with Crippen molar-refractivity contribution in [1.82, 2.24) is 20.0 Å². The minimum absolute atomic E-state index is 0. The van der Waals surface area contributed by atoms with Crippen LogP contribution in [0.2, 0.25) is 0 Å². The predicted octanol–water partition coefficient (Wildman–Crippen LogP) is -1.55. The first-order valence-electron chi connectivity index (χ1n) is 10.9. The summed E-state index contributed by atoms with van der Waals surface area (Å²) in [6, 6.07) is 10.5. The summed E-state index contributed by atoms with van der Waals surface area (Å²) < 4.78 is 15.9. The van der Waals surface area contributed by atoms with Crippen molar-refractivity contribution in [3.63, 3.8) is 0 Å². The van der Waals surface area contributed by atoms with Crippen LogP contribution in [0.1, 0.15) is 47.3 Å². The second-order valence-corrected chi connectivity index (χ2v) is 9.71. The van der Waals surface area contributed by atoms with Crippen LogP contribution in [0.5, 0.6) is 0 Å². The number of carbonyl (C=O) groups excluding carboxylic acids is 2. The number of carbonyl (C=O) groups is 2. The molecule has 1 amide bonds. The maximum Gasteiger partial charge on any atom is 1.00 e. The van der Waals surface area contributed by atoms with Gasteiger partial charge in [0, 0.05) is 10.4 Å². The summed E-state index contributed by atoms with van der Waals surface area (Å²) in [4.78, 5) is 27.6. The van der Waals surface area contributed by atoms with Crippen molar-refractivity contribution in [2.75, 3.05) is 5.32 Å². The molecule has 1 unspecified atom stereocenters. The van der Waals surface area contributed by atoms with E-state index in [1.54, 1.807) is 32.0 Å². The summed E-state index contributed by atoms with van der Waals surface area (Å²) in [5.41, 5.74) is 5.32. The molecule has 0 saturated carbocycles. The molecule has 1 atom stereocenters. The number of hydrogen-bond acceptors (Lipinski definition) is 10. The first-order chi connectivity index (χ1) is 17.4. The van der Waals surface area contributed by atoms with Crippen LogP contribution in [0.25, 0.3) is 10.4 Å². The number of aliphatic carboxylic acids is 1. The number of pyridine rings is 1. The van der Waals surface area contributed by atoms with Gasteiger partial charge in [0.1, 0.15) is 28.4 Å². The normalized spacial score (nSPS) is 12.0. The molecule has 0 saturated heterocycles. The number of benzene rings is 1. The van der Waals surface area contributed by atoms with Gasteiger partial charge >= 0.3 is 51.4 Å². The molecule has 0 spiro atoms. The number of aromatic nitrogens is 4. The number of aliphatic hydroxyl groups is 2. The van der Waals surface area contributed by atoms with Gasteiger partial charge in [0.05, 0.1) is 35.6 Å². The number of aliphatic hydroxyl groups excluding tert-OH is 1. The summed E-state index contributed by atoms with van der Waals surface area (Å²) in [6.45, 7) is 2.58. The van der Waals surface area contributed by atoms with Gasteiger partial charge in [-0.05, 0) is 43.7 Å². The first-order valence-corrected chi connectivity index (χ1v) is 11.7. The Balaban J connectivity index is 0.00000400. The Hall–Kier alpha value is -2.56. The van der Waals surface area contributed by atoms with E-state index in [0.717, 1.165) is 16.0 Å². The zero-order chi connectivity index (χ0) is 26.9. The Morgan fingerprint density at radius 1 is 1.24 bits per heavy atom. The SMILES string of the molecule is CC(C)(O)c1ccc(-c2cc(C(N)=O)c(Nc3cccc(C(O)c4cn(CC(=O)[O-])nn4)n3)s2)c(F)c1.[K+]. The standard InChI is InChI=1S/C24H23FN6O5S.K/c1-24(2,36)12-6-7-13(15(25)8-12)18-9-14(22(26)35)23(37-18)28-19-5-3-4-16(27-19)21(34)17-10-31(30-29-17)11-20(32)33;/h3-10,21,34,36H,11H2,1-2H3,(H2,26,35)(H,27,28)(H,32,33);/q;+1/p-1. The van der Waals surface area contributed by atoms with E-state index in [2.05, 4.69) is 20.6 Å². The molecule has 1 aromatic carbocycles. The van der Waals surface area contributed by atoms with Crippen LogP contribution in [0, 0.1) is 5.82 Å². The van der Waals surface area contributed by atoms with Crippen LogP contribution in [0.4, 0.5) is 15.2 Å². The van der Waals surface area contributed by atoms with Gasteiger partial charge in [0.25, 0.3) is 5.91 Å². The van der Waals surface area contributed by atoms with E-state index in [-0.39, 0.29) is 79.7 Å². The van der Waals surface area contributed by atoms with Crippen LogP contribution in [-0.4, -0.2) is 42.1 Å². The molecule has 3 heterocycles. The Labute approximate surface area is 262 Å². The Kier molecular flexibility index (Phi) is 9.54. The molecular weight excluding hydrogens is 542 g/mol. The van der Waals surface area contributed by atoms with Gasteiger partial charge in [0.15, 0.2) is 0 Å². The Bertz CT molecular complexity index is 1490. The van der Waals surface area contributed by atoms with Crippen LogP contribution in [-0.2, 0) is 16.9 Å². The zero-order valence-electron chi connectivity index (χ0n) is 20.7. The third-order valence-electron chi connectivity index (χ3n) is 5.36. The number of carboxylic acids is 1. The van der Waals surface area contributed by atoms with Crippen molar-refractivity contribution in [2.45, 2.75) is 32.1 Å². The molecule has 192 valence electrons. The molecule has 4 rings (SSSR count). The maximum atomic E-state index is 14.9. The number of carboxylic acid groups (broad SMARTS) is 1. The van der Waals surface area contributed by atoms with Gasteiger partial charge in [0.2, 0.25) is 0 Å². The van der Waals surface area contributed by atoms with Crippen molar-refractivity contribution in [2.24, 2.45) is 5.73 Å². The number of nitrogens with one attached hydrogen (secondary N) is 1. The molecule has 0 radical (unpaired) electrons. The molecule has 0 fully saturated rings. The number of nitrogens with zero attached hydrogens (tertiary/aromatic N) is 4. The van der Waals surface area contributed by atoms with Crippen molar-refractivity contribution < 1.29 is 80.7 Å². The minimum atomic E-state index is -1.36. The maximum absolute atomic E-state index is 14.9. The van der Waals surface area contributed by atoms with Crippen LogP contribution < -0.4 is 67.5 Å². The topological polar surface area (TPSA) is 179 Å². The molecule has 0 aliphatic carbocycles. The second kappa shape index (κ2) is 12.1. The molecule has 3 aromatic heterocycles. The van der Waals surface area contributed by atoms with Gasteiger partial charge < -0.3 is 31.2 Å². The third-order valence-corrected chi connectivity index (χ3v) is 6.44. The zero-order valence-corrected chi connectivity index (χ0v) is 24.6. The monoisotopic (exact) mass is 564 g/mol. The number of amides is 1. The van der Waals surface area contributed by atoms with Crippen molar-refractivity contribution >= 4 is 34.0 Å². The average molecular weight is 565 g/mol. The van der Waals surface area contributed by atoms with E-state index in [1.165, 1.54) is 30.5 Å². The summed E-state index contributed by atoms with van der Waals surface area (Å²) in [7, 11) is 0. The van der Waals surface area contributed by atoms with E-state index in [0.29, 0.717) is 15.4 Å². The number of nitrogens with two attached hydrogens (primary N) is 1. The minimum Gasteiger partial charge on any atom is -0.548 e. The summed E-state index contributed by atoms with van der Waals surface area (Å²) in [6.07, 6.45) is -0.0494. The smallest absolute Gasteiger partial charge is 0.548 e. The van der Waals surface area contributed by atoms with Crippen LogP contribution in [0.3, 0.4) is 0 Å². The number of halogens is 1. The van der Waals surface area contributed by atoms with Gasteiger partial charge in [-0.3, -0.25) is 4.79 Å². The van der Waals surface area contributed by atoms with Crippen molar-refractivity contribution in [1.29, 1.82) is 0 Å². The van der Waals surface area contributed by atoms with Crippen molar-refractivity contribution in [3.05, 3.63) is 77.0 Å². The van der Waals surface area contributed by atoms with Gasteiger partial charge in [-0.1, -0.05) is 23.4 Å². The van der Waals surface area contributed by atoms with Gasteiger partial charge in [-0.2, -0.15) is 0 Å².